The van der Waals surface area contributed by atoms with Gasteiger partial charge in [0.25, 0.3) is 0 Å². The van der Waals surface area contributed by atoms with E-state index in [2.05, 4.69) is 13.8 Å². The fourth-order valence-corrected chi connectivity index (χ4v) is 1.74. The zero-order valence-electron chi connectivity index (χ0n) is 9.78. The molecule has 0 rings (SSSR count). The van der Waals surface area contributed by atoms with Crippen molar-refractivity contribution in [2.24, 2.45) is 0 Å². The molecule has 0 aromatic carbocycles. The minimum atomic E-state index is 0. The van der Waals surface area contributed by atoms with E-state index in [9.17, 15) is 0 Å². The van der Waals surface area contributed by atoms with Gasteiger partial charge in [-0.2, -0.15) is 0 Å². The zero-order valence-corrected chi connectivity index (χ0v) is 9.78. The van der Waals surface area contributed by atoms with Crippen molar-refractivity contribution in [1.29, 1.82) is 0 Å². The summed E-state index contributed by atoms with van der Waals surface area (Å²) in [5.41, 5.74) is 0. The maximum absolute atomic E-state index is 2.28. The highest BCUT2D eigenvalue weighted by molar-refractivity contribution is 5.75. The van der Waals surface area contributed by atoms with E-state index in [1.54, 1.807) is 0 Å². The van der Waals surface area contributed by atoms with Gasteiger partial charge in [-0.3, -0.25) is 0 Å². The van der Waals surface area contributed by atoms with Crippen LogP contribution in [0.3, 0.4) is 0 Å². The SMILES string of the molecule is CCCCCCCCCCCCC.[SiH4]. The second kappa shape index (κ2) is 15.7. The second-order valence-corrected chi connectivity index (χ2v) is 4.18. The second-order valence-electron chi connectivity index (χ2n) is 4.18. The smallest absolute Gasteiger partial charge is 0.0149 e. The molecular formula is C13H32Si. The Bertz CT molecular complexity index is 71.3. The van der Waals surface area contributed by atoms with Crippen LogP contribution >= 0.6 is 0 Å². The van der Waals surface area contributed by atoms with E-state index in [0.717, 1.165) is 0 Å². The molecule has 0 fully saturated rings. The minimum absolute atomic E-state index is 0. The van der Waals surface area contributed by atoms with E-state index >= 15 is 0 Å². The third-order valence-electron chi connectivity index (χ3n) is 2.71. The average Bonchev–Trinajstić information content (AvgIpc) is 2.16. The largest absolute Gasteiger partial charge is 0.0654 e. The van der Waals surface area contributed by atoms with Crippen molar-refractivity contribution >= 4 is 11.0 Å². The van der Waals surface area contributed by atoms with Crippen molar-refractivity contribution in [1.82, 2.24) is 0 Å². The van der Waals surface area contributed by atoms with Gasteiger partial charge >= 0.3 is 0 Å². The van der Waals surface area contributed by atoms with Gasteiger partial charge in [0.05, 0.1) is 0 Å². The highest BCUT2D eigenvalue weighted by Gasteiger charge is 1.90. The Kier molecular flexibility index (Phi) is 18.6. The minimum Gasteiger partial charge on any atom is -0.0654 e. The molecule has 0 aromatic rings. The van der Waals surface area contributed by atoms with Crippen molar-refractivity contribution < 1.29 is 0 Å². The summed E-state index contributed by atoms with van der Waals surface area (Å²) in [5.74, 6) is 0. The van der Waals surface area contributed by atoms with E-state index in [1.807, 2.05) is 0 Å². The summed E-state index contributed by atoms with van der Waals surface area (Å²) < 4.78 is 0. The summed E-state index contributed by atoms with van der Waals surface area (Å²) >= 11 is 0. The number of rotatable bonds is 10. The highest BCUT2D eigenvalue weighted by Crippen LogP contribution is 2.10. The van der Waals surface area contributed by atoms with Gasteiger partial charge in [0.15, 0.2) is 0 Å². The average molecular weight is 216 g/mol. The molecule has 0 aliphatic carbocycles. The van der Waals surface area contributed by atoms with Gasteiger partial charge < -0.3 is 0 Å². The summed E-state index contributed by atoms with van der Waals surface area (Å²) in [4.78, 5) is 0. The summed E-state index contributed by atoms with van der Waals surface area (Å²) in [6, 6.07) is 0. The van der Waals surface area contributed by atoms with E-state index < -0.39 is 0 Å². The van der Waals surface area contributed by atoms with Crippen LogP contribution in [0.15, 0.2) is 0 Å². The number of hydrogen-bond acceptors (Lipinski definition) is 0. The number of unbranched alkanes of at least 4 members (excludes halogenated alkanes) is 10. The molecule has 0 N–H and O–H groups in total. The van der Waals surface area contributed by atoms with Crippen molar-refractivity contribution in [2.45, 2.75) is 84.5 Å². The van der Waals surface area contributed by atoms with Crippen LogP contribution in [0.4, 0.5) is 0 Å². The predicted molar refractivity (Wildman–Crippen MR) is 73.5 cm³/mol. The molecule has 0 amide bonds. The van der Waals surface area contributed by atoms with Gasteiger partial charge in [0, 0.05) is 0 Å². The molecule has 0 unspecified atom stereocenters. The van der Waals surface area contributed by atoms with E-state index in [4.69, 9.17) is 0 Å². The lowest BCUT2D eigenvalue weighted by molar-refractivity contribution is 0.554. The Morgan fingerprint density at radius 2 is 0.643 bits per heavy atom. The van der Waals surface area contributed by atoms with Crippen LogP contribution in [0.25, 0.3) is 0 Å². The summed E-state index contributed by atoms with van der Waals surface area (Å²) in [6.07, 6.45) is 15.9. The first-order chi connectivity index (χ1) is 6.41. The van der Waals surface area contributed by atoms with Crippen LogP contribution in [0, 0.1) is 0 Å². The van der Waals surface area contributed by atoms with Crippen LogP contribution in [0.1, 0.15) is 84.5 Å². The lowest BCUT2D eigenvalue weighted by atomic mass is 10.1. The Labute approximate surface area is 95.9 Å². The fourth-order valence-electron chi connectivity index (χ4n) is 1.74. The van der Waals surface area contributed by atoms with Gasteiger partial charge in [-0.25, -0.2) is 0 Å². The Balaban J connectivity index is 0. The first-order valence-electron chi connectivity index (χ1n) is 6.41. The molecule has 0 aliphatic heterocycles. The fraction of sp³-hybridized carbons (Fsp3) is 1.00. The molecule has 0 radical (unpaired) electrons. The van der Waals surface area contributed by atoms with Crippen molar-refractivity contribution in [2.75, 3.05) is 0 Å². The van der Waals surface area contributed by atoms with Crippen LogP contribution < -0.4 is 0 Å². The van der Waals surface area contributed by atoms with E-state index in [0.29, 0.717) is 0 Å². The molecule has 0 aliphatic rings. The molecular weight excluding hydrogens is 184 g/mol. The van der Waals surface area contributed by atoms with Crippen molar-refractivity contribution in [3.63, 3.8) is 0 Å². The van der Waals surface area contributed by atoms with Crippen molar-refractivity contribution in [3.05, 3.63) is 0 Å². The molecule has 0 saturated carbocycles. The summed E-state index contributed by atoms with van der Waals surface area (Å²) in [5, 5.41) is 0. The molecule has 88 valence electrons. The topological polar surface area (TPSA) is 0 Å². The summed E-state index contributed by atoms with van der Waals surface area (Å²) in [6.45, 7) is 4.56. The Morgan fingerprint density at radius 3 is 0.857 bits per heavy atom. The molecule has 0 bridgehead atoms. The van der Waals surface area contributed by atoms with Crippen LogP contribution in [0.2, 0.25) is 0 Å². The molecule has 0 saturated heterocycles. The van der Waals surface area contributed by atoms with Gasteiger partial charge in [0.1, 0.15) is 0 Å². The number of hydrogen-bond donors (Lipinski definition) is 0. The highest BCUT2D eigenvalue weighted by atomic mass is 28.1. The quantitative estimate of drug-likeness (QED) is 0.384. The lowest BCUT2D eigenvalue weighted by Gasteiger charge is -2.00. The van der Waals surface area contributed by atoms with Gasteiger partial charge in [-0.05, 0) is 11.0 Å². The molecule has 0 spiro atoms. The maximum Gasteiger partial charge on any atom is -0.0149 e. The summed E-state index contributed by atoms with van der Waals surface area (Å²) in [7, 11) is 0. The molecule has 0 heterocycles. The molecule has 1 heteroatoms. The van der Waals surface area contributed by atoms with Gasteiger partial charge in [-0.1, -0.05) is 84.5 Å². The van der Waals surface area contributed by atoms with E-state index in [1.165, 1.54) is 70.6 Å². The molecule has 0 aromatic heterocycles. The van der Waals surface area contributed by atoms with Gasteiger partial charge in [0.2, 0.25) is 0 Å². The van der Waals surface area contributed by atoms with Crippen LogP contribution in [-0.4, -0.2) is 11.0 Å². The van der Waals surface area contributed by atoms with E-state index in [-0.39, 0.29) is 11.0 Å². The third-order valence-corrected chi connectivity index (χ3v) is 2.71. The predicted octanol–water partition coefficient (Wildman–Crippen LogP) is 3.87. The standard InChI is InChI=1S/C13H28.H4Si/c1-3-5-7-9-11-13-12-10-8-6-4-2;/h3-13H2,1-2H3;1H4. The van der Waals surface area contributed by atoms with Crippen LogP contribution in [0.5, 0.6) is 0 Å². The Hall–Kier alpha value is 0.217. The molecule has 0 nitrogen and oxygen atoms in total. The maximum atomic E-state index is 2.28. The monoisotopic (exact) mass is 216 g/mol. The zero-order chi connectivity index (χ0) is 9.78. The third kappa shape index (κ3) is 14.7. The molecule has 0 atom stereocenters. The first-order valence-corrected chi connectivity index (χ1v) is 6.41. The molecule has 14 heavy (non-hydrogen) atoms. The lowest BCUT2D eigenvalue weighted by Crippen LogP contribution is -1.80. The van der Waals surface area contributed by atoms with Gasteiger partial charge in [-0.15, -0.1) is 0 Å². The van der Waals surface area contributed by atoms with Crippen molar-refractivity contribution in [3.8, 4) is 0 Å². The van der Waals surface area contributed by atoms with Crippen LogP contribution in [-0.2, 0) is 0 Å². The first kappa shape index (κ1) is 16.6. The normalized spacial score (nSPS) is 9.86. The Morgan fingerprint density at radius 1 is 0.429 bits per heavy atom.